The molecule has 1 aliphatic rings. The highest BCUT2D eigenvalue weighted by molar-refractivity contribution is 7.66. The summed E-state index contributed by atoms with van der Waals surface area (Å²) in [7, 11) is -16.5. The van der Waals surface area contributed by atoms with Crippen LogP contribution in [0.2, 0.25) is 0 Å². The molecule has 202 valence electrons. The van der Waals surface area contributed by atoms with Crippen molar-refractivity contribution in [2.24, 2.45) is 0 Å². The largest absolute Gasteiger partial charge is 0.490 e. The quantitative estimate of drug-likeness (QED) is 0.175. The van der Waals surface area contributed by atoms with E-state index in [0.29, 0.717) is 23.5 Å². The lowest BCUT2D eigenvalue weighted by Gasteiger charge is -2.19. The number of hydrogen-bond donors (Lipinski definition) is 6. The number of rotatable bonds is 11. The summed E-state index contributed by atoms with van der Waals surface area (Å²) < 4.78 is 53.2. The van der Waals surface area contributed by atoms with E-state index in [-0.39, 0.29) is 6.42 Å². The van der Waals surface area contributed by atoms with Crippen molar-refractivity contribution in [3.8, 4) is 0 Å². The van der Waals surface area contributed by atoms with Crippen LogP contribution in [0.4, 0.5) is 5.82 Å². The minimum absolute atomic E-state index is 0.00661. The number of aromatic nitrogens is 4. The van der Waals surface area contributed by atoms with Gasteiger partial charge in [-0.2, -0.15) is 8.62 Å². The summed E-state index contributed by atoms with van der Waals surface area (Å²) in [4.78, 5) is 48.7. The van der Waals surface area contributed by atoms with Crippen LogP contribution in [0.1, 0.15) is 18.2 Å². The van der Waals surface area contributed by atoms with E-state index in [0.717, 1.165) is 5.56 Å². The van der Waals surface area contributed by atoms with Crippen molar-refractivity contribution in [1.82, 2.24) is 19.5 Å². The standard InChI is InChI=1S/C17H22N5O12P3/c23-12-6-14(32-13(12)8-31-36(27,28)34-37(29,30)33-35(24,25)26)22-10-21-15-16(19-9-20-17(15)22)18-7-11-4-2-1-3-5-11/h1-5,9-10,12-14,23H,6-8H2,(H,27,28)(H,29,30)(H,18,19,20)(H2,24,25,26)/t12-,13+,14+/m0/s1. The van der Waals surface area contributed by atoms with E-state index < -0.39 is 48.5 Å². The Kier molecular flexibility index (Phi) is 8.26. The first kappa shape index (κ1) is 27.9. The van der Waals surface area contributed by atoms with Crippen molar-refractivity contribution in [2.45, 2.75) is 31.4 Å². The van der Waals surface area contributed by atoms with E-state index >= 15 is 0 Å². The molecule has 0 amide bonds. The summed E-state index contributed by atoms with van der Waals surface area (Å²) in [5, 5.41) is 13.5. The Bertz CT molecular complexity index is 1380. The van der Waals surface area contributed by atoms with Crippen LogP contribution in [-0.4, -0.2) is 63.0 Å². The second-order valence-electron chi connectivity index (χ2n) is 7.70. The van der Waals surface area contributed by atoms with Crippen LogP contribution >= 0.6 is 23.5 Å². The van der Waals surface area contributed by atoms with E-state index in [1.165, 1.54) is 17.2 Å². The molecule has 3 aromatic rings. The van der Waals surface area contributed by atoms with Crippen LogP contribution in [0.5, 0.6) is 0 Å². The molecule has 4 rings (SSSR count). The zero-order valence-corrected chi connectivity index (χ0v) is 21.3. The summed E-state index contributed by atoms with van der Waals surface area (Å²) >= 11 is 0. The van der Waals surface area contributed by atoms with Gasteiger partial charge in [0.05, 0.1) is 19.0 Å². The number of aliphatic hydroxyl groups is 1. The molecule has 2 aromatic heterocycles. The summed E-state index contributed by atoms with van der Waals surface area (Å²) in [5.41, 5.74) is 1.85. The number of nitrogens with one attached hydrogen (secondary N) is 1. The predicted molar refractivity (Wildman–Crippen MR) is 123 cm³/mol. The lowest BCUT2D eigenvalue weighted by atomic mass is 10.2. The van der Waals surface area contributed by atoms with Crippen LogP contribution in [0, 0.1) is 0 Å². The topological polar surface area (TPSA) is 245 Å². The highest BCUT2D eigenvalue weighted by Gasteiger charge is 2.43. The Morgan fingerprint density at radius 1 is 1.03 bits per heavy atom. The third kappa shape index (κ3) is 7.48. The molecule has 0 aliphatic carbocycles. The average molecular weight is 581 g/mol. The van der Waals surface area contributed by atoms with E-state index in [9.17, 15) is 28.6 Å². The molecule has 17 nitrogen and oxygen atoms in total. The molecule has 0 bridgehead atoms. The van der Waals surface area contributed by atoms with Gasteiger partial charge in [-0.15, -0.1) is 0 Å². The number of anilines is 1. The number of fused-ring (bicyclic) bond motifs is 1. The highest BCUT2D eigenvalue weighted by atomic mass is 31.3. The summed E-state index contributed by atoms with van der Waals surface area (Å²) in [6.07, 6.45) is -0.447. The van der Waals surface area contributed by atoms with E-state index in [2.05, 4.69) is 33.4 Å². The van der Waals surface area contributed by atoms with Crippen molar-refractivity contribution in [1.29, 1.82) is 0 Å². The summed E-state index contributed by atoms with van der Waals surface area (Å²) in [6, 6.07) is 9.61. The lowest BCUT2D eigenvalue weighted by Crippen LogP contribution is -2.26. The van der Waals surface area contributed by atoms with Gasteiger partial charge < -0.3 is 34.7 Å². The van der Waals surface area contributed by atoms with Gasteiger partial charge in [-0.3, -0.25) is 9.09 Å². The van der Waals surface area contributed by atoms with Crippen molar-refractivity contribution in [3.05, 3.63) is 48.5 Å². The van der Waals surface area contributed by atoms with Crippen molar-refractivity contribution >= 4 is 40.4 Å². The Hall–Kier alpha value is -2.10. The minimum atomic E-state index is -5.66. The predicted octanol–water partition coefficient (Wildman–Crippen LogP) is 1.43. The monoisotopic (exact) mass is 581 g/mol. The Morgan fingerprint density at radius 3 is 2.46 bits per heavy atom. The van der Waals surface area contributed by atoms with Crippen molar-refractivity contribution in [2.75, 3.05) is 11.9 Å². The van der Waals surface area contributed by atoms with Gasteiger partial charge in [0.15, 0.2) is 17.0 Å². The molecule has 20 heteroatoms. The van der Waals surface area contributed by atoms with Crippen LogP contribution < -0.4 is 5.32 Å². The third-order valence-corrected chi connectivity index (χ3v) is 8.80. The van der Waals surface area contributed by atoms with Crippen LogP contribution in [0.3, 0.4) is 0 Å². The minimum Gasteiger partial charge on any atom is -0.390 e. The number of nitrogens with zero attached hydrogens (tertiary/aromatic N) is 4. The van der Waals surface area contributed by atoms with Crippen LogP contribution in [0.25, 0.3) is 11.2 Å². The van der Waals surface area contributed by atoms with Gasteiger partial charge in [0.1, 0.15) is 18.7 Å². The third-order valence-electron chi connectivity index (χ3n) is 4.99. The number of imidazole rings is 1. The smallest absolute Gasteiger partial charge is 0.390 e. The van der Waals surface area contributed by atoms with Gasteiger partial charge in [-0.25, -0.2) is 28.6 Å². The Morgan fingerprint density at radius 2 is 1.76 bits per heavy atom. The first-order chi connectivity index (χ1) is 17.3. The first-order valence-corrected chi connectivity index (χ1v) is 14.9. The molecule has 3 heterocycles. The van der Waals surface area contributed by atoms with Gasteiger partial charge in [0.25, 0.3) is 0 Å². The van der Waals surface area contributed by atoms with E-state index in [1.54, 1.807) is 0 Å². The molecule has 0 radical (unpaired) electrons. The second-order valence-corrected chi connectivity index (χ2v) is 12.1. The zero-order chi connectivity index (χ0) is 26.8. The fourth-order valence-corrected chi connectivity index (χ4v) is 6.51. The molecule has 1 saturated heterocycles. The molecule has 37 heavy (non-hydrogen) atoms. The second kappa shape index (κ2) is 10.9. The van der Waals surface area contributed by atoms with Gasteiger partial charge in [-0.05, 0) is 5.56 Å². The molecule has 0 saturated carbocycles. The molecular formula is C17H22N5O12P3. The highest BCUT2D eigenvalue weighted by Crippen LogP contribution is 2.66. The zero-order valence-electron chi connectivity index (χ0n) is 18.6. The summed E-state index contributed by atoms with van der Waals surface area (Å²) in [5.74, 6) is 0.468. The number of hydrogen-bond acceptors (Lipinski definition) is 12. The SMILES string of the molecule is O=P(O)(O)OP(=O)(O)OP(=O)(O)OC[C@H]1O[C@@H](n2cnc3c(NCc4ccccc4)ncnc32)C[C@@H]1O. The van der Waals surface area contributed by atoms with Crippen LogP contribution in [-0.2, 0) is 38.1 Å². The van der Waals surface area contributed by atoms with Gasteiger partial charge in [-0.1, -0.05) is 30.3 Å². The summed E-state index contributed by atoms with van der Waals surface area (Å²) in [6.45, 7) is -0.298. The number of phosphoric ester groups is 1. The number of aliphatic hydroxyl groups excluding tert-OH is 1. The number of benzene rings is 1. The Balaban J connectivity index is 1.40. The lowest BCUT2D eigenvalue weighted by molar-refractivity contribution is -0.0423. The molecule has 1 aromatic carbocycles. The average Bonchev–Trinajstić information content (AvgIpc) is 3.38. The fraction of sp³-hybridized carbons (Fsp3) is 0.353. The van der Waals surface area contributed by atoms with Gasteiger partial charge >= 0.3 is 23.5 Å². The van der Waals surface area contributed by atoms with Crippen LogP contribution in [0.15, 0.2) is 43.0 Å². The van der Waals surface area contributed by atoms with Crippen molar-refractivity contribution < 1.29 is 56.3 Å². The fourth-order valence-electron chi connectivity index (χ4n) is 3.48. The molecule has 5 atom stereocenters. The van der Waals surface area contributed by atoms with Gasteiger partial charge in [0.2, 0.25) is 0 Å². The van der Waals surface area contributed by atoms with E-state index in [4.69, 9.17) is 14.5 Å². The normalized spacial score (nSPS) is 23.5. The number of phosphoric acid groups is 3. The van der Waals surface area contributed by atoms with E-state index in [1.807, 2.05) is 30.3 Å². The maximum absolute atomic E-state index is 11.9. The molecule has 1 aliphatic heterocycles. The number of ether oxygens (including phenoxy) is 1. The molecule has 6 N–H and O–H groups in total. The van der Waals surface area contributed by atoms with Crippen molar-refractivity contribution in [3.63, 3.8) is 0 Å². The molecule has 2 unspecified atom stereocenters. The molecule has 1 fully saturated rings. The Labute approximate surface area is 208 Å². The molecule has 0 spiro atoms. The molecular weight excluding hydrogens is 559 g/mol. The van der Waals surface area contributed by atoms with Gasteiger partial charge in [0, 0.05) is 13.0 Å². The first-order valence-electron chi connectivity index (χ1n) is 10.4. The maximum atomic E-state index is 11.9. The maximum Gasteiger partial charge on any atom is 0.490 e.